The molecule has 37 heavy (non-hydrogen) atoms. The van der Waals surface area contributed by atoms with Gasteiger partial charge in [-0.1, -0.05) is 6.92 Å². The Balaban J connectivity index is 0.00000648. The van der Waals surface area contributed by atoms with Gasteiger partial charge in [-0.3, -0.25) is 8.98 Å². The van der Waals surface area contributed by atoms with Crippen LogP contribution in [0.5, 0.6) is 0 Å². The average Bonchev–Trinajstić information content (AvgIpc) is 2.75. The maximum Gasteiger partial charge on any atom is 1.00 e. The molecule has 0 aromatic heterocycles. The van der Waals surface area contributed by atoms with Gasteiger partial charge in [-0.05, 0) is 13.3 Å². The predicted octanol–water partition coefficient (Wildman–Crippen LogP) is -11.2. The molecule has 0 radical (unpaired) electrons. The Bertz CT molecular complexity index is 851. The summed E-state index contributed by atoms with van der Waals surface area (Å²) in [5, 5.41) is 54.7. The van der Waals surface area contributed by atoms with Gasteiger partial charge < -0.3 is 59.1 Å². The van der Waals surface area contributed by atoms with Crippen molar-refractivity contribution in [3.63, 3.8) is 0 Å². The Morgan fingerprint density at radius 2 is 1.65 bits per heavy atom. The molecule has 2 aliphatic rings. The van der Waals surface area contributed by atoms with Gasteiger partial charge in [0.05, 0.1) is 18.7 Å². The molecule has 204 valence electrons. The maximum atomic E-state index is 11.8. The first kappa shape index (κ1) is 37.5. The molecule has 1 unspecified atom stereocenters. The third kappa shape index (κ3) is 10.1. The van der Waals surface area contributed by atoms with Crippen LogP contribution in [0.3, 0.4) is 0 Å². The zero-order chi connectivity index (χ0) is 26.7. The third-order valence-corrected chi connectivity index (χ3v) is 5.92. The summed E-state index contributed by atoms with van der Waals surface area (Å²) < 4.78 is 59.5. The Morgan fingerprint density at radius 1 is 1.05 bits per heavy atom. The van der Waals surface area contributed by atoms with Gasteiger partial charge >= 0.3 is 59.1 Å². The second-order valence-electron chi connectivity index (χ2n) is 8.09. The molecule has 0 spiro atoms. The molecule has 5 N–H and O–H groups in total. The standard InChI is InChI=1S/C18H31NO15S.2Na/c1-4-6(2)30-18-14(34-35(27,28)29)12(24)13(15(33-18)16(25)26)32-17-9(19-7(3)21)11(23)10(22)8(5-20)31-17;;/h6,8-15,17-18,20,22-24H,4-5H2,1-3H3,(H,19,21)(H,25,26)(H,27,28,29);;/q;2*+1/p-2/t6?,8-,9-,10-,11-,12+,13+,14-,15+,17-,18-;;/m1../s1. The summed E-state index contributed by atoms with van der Waals surface area (Å²) in [6.07, 6.45) is -17.4. The Kier molecular flexibility index (Phi) is 16.3. The minimum absolute atomic E-state index is 0. The van der Waals surface area contributed by atoms with Crippen molar-refractivity contribution in [3.05, 3.63) is 0 Å². The fourth-order valence-electron chi connectivity index (χ4n) is 3.58. The van der Waals surface area contributed by atoms with Crippen molar-refractivity contribution in [2.45, 2.75) is 94.6 Å². The van der Waals surface area contributed by atoms with E-state index in [0.29, 0.717) is 6.42 Å². The molecule has 0 bridgehead atoms. The van der Waals surface area contributed by atoms with E-state index in [1.54, 1.807) is 6.92 Å². The molecule has 2 rings (SSSR count). The van der Waals surface area contributed by atoms with Gasteiger partial charge in [0.2, 0.25) is 16.3 Å². The first-order chi connectivity index (χ1) is 16.2. The summed E-state index contributed by atoms with van der Waals surface area (Å²) in [5.74, 6) is -2.67. The SMILES string of the molecule is CCC(C)O[C@@H]1O[C@H](C(=O)[O-])[C@@H](O[C@H]2O[C@H](CO)[C@@H](O)[C@H](O)[C@H]2NC(C)=O)[C@H](O)[C@H]1OS(=O)(=O)[O-].[Na+].[Na+]. The number of aliphatic carboxylic acids is 1. The number of hydrogen-bond acceptors (Lipinski definition) is 15. The van der Waals surface area contributed by atoms with E-state index in [1.165, 1.54) is 6.92 Å². The normalized spacial score (nSPS) is 37.0. The topological polar surface area (TPSA) is 253 Å². The van der Waals surface area contributed by atoms with Crippen molar-refractivity contribution >= 4 is 22.3 Å². The van der Waals surface area contributed by atoms with Crippen LogP contribution in [0.1, 0.15) is 27.2 Å². The maximum absolute atomic E-state index is 11.8. The Labute approximate surface area is 257 Å². The number of carbonyl (C=O) groups is 2. The van der Waals surface area contributed by atoms with Crippen LogP contribution >= 0.6 is 0 Å². The molecule has 2 fully saturated rings. The molecule has 1 amide bonds. The third-order valence-electron chi connectivity index (χ3n) is 5.47. The van der Waals surface area contributed by atoms with Crippen molar-refractivity contribution in [2.24, 2.45) is 0 Å². The summed E-state index contributed by atoms with van der Waals surface area (Å²) in [4.78, 5) is 23.4. The molecule has 2 aliphatic heterocycles. The van der Waals surface area contributed by atoms with E-state index < -0.39 is 96.3 Å². The largest absolute Gasteiger partial charge is 1.00 e. The molecule has 19 heteroatoms. The van der Waals surface area contributed by atoms with Crippen LogP contribution in [-0.4, -0.2) is 119 Å². The van der Waals surface area contributed by atoms with Gasteiger partial charge in [0.1, 0.15) is 42.7 Å². The van der Waals surface area contributed by atoms with E-state index in [1.807, 2.05) is 0 Å². The van der Waals surface area contributed by atoms with Gasteiger partial charge in [-0.15, -0.1) is 0 Å². The molecular formula is C18H29NNa2O15S. The summed E-state index contributed by atoms with van der Waals surface area (Å²) in [5.41, 5.74) is 0. The molecule has 16 nitrogen and oxygen atoms in total. The van der Waals surface area contributed by atoms with Crippen molar-refractivity contribution in [3.8, 4) is 0 Å². The molecular weight excluding hydrogens is 548 g/mol. The molecule has 11 atom stereocenters. The fourth-order valence-corrected chi connectivity index (χ4v) is 4.06. The van der Waals surface area contributed by atoms with E-state index in [0.717, 1.165) is 6.92 Å². The molecule has 0 aliphatic carbocycles. The summed E-state index contributed by atoms with van der Waals surface area (Å²) in [6.45, 7) is 3.41. The minimum atomic E-state index is -5.46. The van der Waals surface area contributed by atoms with E-state index in [2.05, 4.69) is 9.50 Å². The number of carbonyl (C=O) groups excluding carboxylic acids is 2. The molecule has 2 saturated heterocycles. The van der Waals surface area contributed by atoms with E-state index in [9.17, 15) is 48.1 Å². The monoisotopic (exact) mass is 577 g/mol. The number of carboxylic acids is 1. The van der Waals surface area contributed by atoms with Crippen LogP contribution in [0, 0.1) is 0 Å². The zero-order valence-electron chi connectivity index (χ0n) is 21.0. The van der Waals surface area contributed by atoms with E-state index in [4.69, 9.17) is 18.9 Å². The van der Waals surface area contributed by atoms with E-state index in [-0.39, 0.29) is 59.1 Å². The number of carboxylic acid groups (broad SMARTS) is 1. The summed E-state index contributed by atoms with van der Waals surface area (Å²) in [6, 6.07) is -1.54. The molecule has 0 saturated carbocycles. The Hall–Kier alpha value is 0.490. The van der Waals surface area contributed by atoms with Crippen molar-refractivity contribution in [1.29, 1.82) is 0 Å². The van der Waals surface area contributed by atoms with Gasteiger partial charge in [-0.2, -0.15) is 0 Å². The molecule has 2 heterocycles. The Morgan fingerprint density at radius 3 is 2.11 bits per heavy atom. The quantitative estimate of drug-likeness (QED) is 0.0918. The fraction of sp³-hybridized carbons (Fsp3) is 0.889. The first-order valence-electron chi connectivity index (χ1n) is 10.6. The van der Waals surface area contributed by atoms with Crippen LogP contribution in [-0.2, 0) is 43.1 Å². The van der Waals surface area contributed by atoms with Crippen LogP contribution in [0.15, 0.2) is 0 Å². The summed E-state index contributed by atoms with van der Waals surface area (Å²) in [7, 11) is -5.46. The van der Waals surface area contributed by atoms with Crippen molar-refractivity contribution < 1.29 is 130 Å². The molecule has 0 aromatic rings. The first-order valence-corrected chi connectivity index (χ1v) is 11.9. The van der Waals surface area contributed by atoms with Gasteiger partial charge in [0, 0.05) is 6.92 Å². The van der Waals surface area contributed by atoms with Crippen molar-refractivity contribution in [1.82, 2.24) is 5.32 Å². The number of aliphatic hydroxyl groups is 4. The average molecular weight is 577 g/mol. The number of aliphatic hydroxyl groups excluding tert-OH is 4. The van der Waals surface area contributed by atoms with Crippen LogP contribution in [0.4, 0.5) is 0 Å². The van der Waals surface area contributed by atoms with Crippen LogP contribution in [0.25, 0.3) is 0 Å². The minimum Gasteiger partial charge on any atom is -0.726 e. The number of ether oxygens (including phenoxy) is 4. The second kappa shape index (κ2) is 16.1. The smallest absolute Gasteiger partial charge is 0.726 e. The zero-order valence-corrected chi connectivity index (χ0v) is 25.8. The number of amides is 1. The van der Waals surface area contributed by atoms with Crippen LogP contribution < -0.4 is 69.5 Å². The number of rotatable bonds is 10. The number of hydrogen-bond donors (Lipinski definition) is 5. The van der Waals surface area contributed by atoms with Gasteiger partial charge in [0.25, 0.3) is 0 Å². The van der Waals surface area contributed by atoms with Crippen molar-refractivity contribution in [2.75, 3.05) is 6.61 Å². The molecule has 0 aromatic carbocycles. The van der Waals surface area contributed by atoms with E-state index >= 15 is 0 Å². The van der Waals surface area contributed by atoms with Gasteiger partial charge in [0.15, 0.2) is 18.7 Å². The number of nitrogens with one attached hydrogen (secondary N) is 1. The second-order valence-corrected chi connectivity index (χ2v) is 9.10. The predicted molar refractivity (Wildman–Crippen MR) is 105 cm³/mol. The van der Waals surface area contributed by atoms with Gasteiger partial charge in [-0.25, -0.2) is 8.42 Å². The summed E-state index contributed by atoms with van der Waals surface area (Å²) >= 11 is 0. The van der Waals surface area contributed by atoms with Crippen LogP contribution in [0.2, 0.25) is 0 Å².